The summed E-state index contributed by atoms with van der Waals surface area (Å²) in [6.07, 6.45) is 5.25. The van der Waals surface area contributed by atoms with Crippen LogP contribution in [-0.4, -0.2) is 37.1 Å². The minimum atomic E-state index is 0. The molecule has 1 aliphatic carbocycles. The molecule has 1 saturated heterocycles. The monoisotopic (exact) mass is 431 g/mol. The largest absolute Gasteiger partial charge is 0.356 e. The van der Waals surface area contributed by atoms with E-state index in [1.807, 2.05) is 7.05 Å². The van der Waals surface area contributed by atoms with Gasteiger partial charge in [0, 0.05) is 30.8 Å². The Balaban J connectivity index is 0.00000176. The first-order valence-electron chi connectivity index (χ1n) is 7.94. The highest BCUT2D eigenvalue weighted by Gasteiger charge is 2.43. The molecule has 1 aromatic rings. The first-order valence-corrected chi connectivity index (χ1v) is 8.99. The van der Waals surface area contributed by atoms with E-state index >= 15 is 0 Å². The number of hydrogen-bond acceptors (Lipinski definition) is 2. The minimum absolute atomic E-state index is 0. The lowest BCUT2D eigenvalue weighted by Crippen LogP contribution is -2.43. The Morgan fingerprint density at radius 3 is 2.64 bits per heavy atom. The quantitative estimate of drug-likeness (QED) is 0.426. The van der Waals surface area contributed by atoms with E-state index in [-0.39, 0.29) is 24.0 Å². The van der Waals surface area contributed by atoms with Gasteiger partial charge in [-0.15, -0.1) is 24.0 Å². The molecule has 2 fully saturated rings. The van der Waals surface area contributed by atoms with Crippen molar-refractivity contribution < 1.29 is 0 Å². The Morgan fingerprint density at radius 1 is 1.27 bits per heavy atom. The summed E-state index contributed by atoms with van der Waals surface area (Å²) in [7, 11) is 1.86. The van der Waals surface area contributed by atoms with Crippen LogP contribution < -0.4 is 10.6 Å². The van der Waals surface area contributed by atoms with Crippen molar-refractivity contribution in [2.45, 2.75) is 36.3 Å². The zero-order chi connectivity index (χ0) is 14.5. The second-order valence-corrected chi connectivity index (χ2v) is 7.50. The third-order valence-corrected chi connectivity index (χ3v) is 5.98. The third-order valence-electron chi connectivity index (χ3n) is 4.58. The summed E-state index contributed by atoms with van der Waals surface area (Å²) in [6, 6.07) is 10.9. The van der Waals surface area contributed by atoms with Gasteiger partial charge in [-0.2, -0.15) is 11.8 Å². The SMILES string of the molecule is CN=C(NCC1CCCS1)NCC1(c2ccccc2)CC1.I. The predicted molar refractivity (Wildman–Crippen MR) is 108 cm³/mol. The van der Waals surface area contributed by atoms with E-state index in [1.54, 1.807) is 0 Å². The van der Waals surface area contributed by atoms with Gasteiger partial charge in [0.1, 0.15) is 0 Å². The van der Waals surface area contributed by atoms with Crippen LogP contribution in [-0.2, 0) is 5.41 Å². The zero-order valence-corrected chi connectivity index (χ0v) is 16.3. The summed E-state index contributed by atoms with van der Waals surface area (Å²) >= 11 is 2.08. The van der Waals surface area contributed by atoms with Crippen LogP contribution >= 0.6 is 35.7 Å². The van der Waals surface area contributed by atoms with Crippen molar-refractivity contribution in [2.24, 2.45) is 4.99 Å². The van der Waals surface area contributed by atoms with Crippen molar-refractivity contribution in [3.8, 4) is 0 Å². The number of hydrogen-bond donors (Lipinski definition) is 2. The number of guanidine groups is 1. The maximum atomic E-state index is 4.36. The Kier molecular flexibility index (Phi) is 6.87. The van der Waals surface area contributed by atoms with Gasteiger partial charge in [-0.25, -0.2) is 0 Å². The van der Waals surface area contributed by atoms with Gasteiger partial charge in [0.25, 0.3) is 0 Å². The summed E-state index contributed by atoms with van der Waals surface area (Å²) < 4.78 is 0. The molecule has 1 aliphatic heterocycles. The van der Waals surface area contributed by atoms with E-state index in [2.05, 4.69) is 57.7 Å². The predicted octanol–water partition coefficient (Wildman–Crippen LogP) is 3.40. The van der Waals surface area contributed by atoms with Crippen molar-refractivity contribution in [3.63, 3.8) is 0 Å². The fraction of sp³-hybridized carbons (Fsp3) is 0.588. The van der Waals surface area contributed by atoms with E-state index in [0.29, 0.717) is 5.41 Å². The highest BCUT2D eigenvalue weighted by molar-refractivity contribution is 14.0. The van der Waals surface area contributed by atoms with Gasteiger partial charge in [0.2, 0.25) is 0 Å². The third kappa shape index (κ3) is 4.54. The number of benzene rings is 1. The van der Waals surface area contributed by atoms with Crippen LogP contribution in [0, 0.1) is 0 Å². The Morgan fingerprint density at radius 2 is 2.05 bits per heavy atom. The van der Waals surface area contributed by atoms with Gasteiger partial charge in [-0.3, -0.25) is 4.99 Å². The minimum Gasteiger partial charge on any atom is -0.356 e. The molecule has 0 radical (unpaired) electrons. The standard InChI is InChI=1S/C17H25N3S.HI/c1-18-16(19-12-15-8-5-11-21-15)20-13-17(9-10-17)14-6-3-2-4-7-14;/h2-4,6-7,15H,5,8-13H2,1H3,(H2,18,19,20);1H. The lowest BCUT2D eigenvalue weighted by molar-refractivity contribution is 0.641. The Labute approximate surface area is 155 Å². The number of thioether (sulfide) groups is 1. The smallest absolute Gasteiger partial charge is 0.191 e. The van der Waals surface area contributed by atoms with E-state index in [9.17, 15) is 0 Å². The lowest BCUT2D eigenvalue weighted by atomic mass is 9.96. The molecule has 5 heteroatoms. The molecule has 1 saturated carbocycles. The Hall–Kier alpha value is -0.430. The van der Waals surface area contributed by atoms with Crippen molar-refractivity contribution >= 4 is 41.7 Å². The van der Waals surface area contributed by atoms with Gasteiger partial charge < -0.3 is 10.6 Å². The number of aliphatic imine (C=N–C) groups is 1. The molecule has 1 heterocycles. The summed E-state index contributed by atoms with van der Waals surface area (Å²) in [4.78, 5) is 4.36. The summed E-state index contributed by atoms with van der Waals surface area (Å²) in [6.45, 7) is 2.01. The van der Waals surface area contributed by atoms with Crippen LogP contribution in [0.1, 0.15) is 31.2 Å². The topological polar surface area (TPSA) is 36.4 Å². The van der Waals surface area contributed by atoms with Crippen molar-refractivity contribution in [2.75, 3.05) is 25.9 Å². The van der Waals surface area contributed by atoms with Crippen LogP contribution in [0.2, 0.25) is 0 Å². The molecule has 22 heavy (non-hydrogen) atoms. The highest BCUT2D eigenvalue weighted by atomic mass is 127. The molecule has 3 rings (SSSR count). The van der Waals surface area contributed by atoms with Crippen LogP contribution in [0.3, 0.4) is 0 Å². The molecular formula is C17H26IN3S. The molecule has 3 nitrogen and oxygen atoms in total. The maximum absolute atomic E-state index is 4.36. The fourth-order valence-corrected chi connectivity index (χ4v) is 4.20. The number of nitrogens with zero attached hydrogens (tertiary/aromatic N) is 1. The van der Waals surface area contributed by atoms with Crippen LogP contribution in [0.4, 0.5) is 0 Å². The molecule has 1 aromatic carbocycles. The fourth-order valence-electron chi connectivity index (χ4n) is 3.00. The molecule has 1 atom stereocenters. The van der Waals surface area contributed by atoms with Gasteiger partial charge in [0.05, 0.1) is 0 Å². The van der Waals surface area contributed by atoms with Gasteiger partial charge >= 0.3 is 0 Å². The molecule has 0 aromatic heterocycles. The molecular weight excluding hydrogens is 405 g/mol. The maximum Gasteiger partial charge on any atom is 0.191 e. The first kappa shape index (κ1) is 17.9. The van der Waals surface area contributed by atoms with Crippen molar-refractivity contribution in [1.29, 1.82) is 0 Å². The molecule has 0 amide bonds. The summed E-state index contributed by atoms with van der Waals surface area (Å²) in [5.41, 5.74) is 1.79. The Bertz CT molecular complexity index is 482. The number of halogens is 1. The molecule has 122 valence electrons. The van der Waals surface area contributed by atoms with Gasteiger partial charge in [-0.05, 0) is 37.0 Å². The average molecular weight is 431 g/mol. The lowest BCUT2D eigenvalue weighted by Gasteiger charge is -2.20. The average Bonchev–Trinajstić information content (AvgIpc) is 3.15. The second-order valence-electron chi connectivity index (χ2n) is 6.09. The number of rotatable bonds is 5. The summed E-state index contributed by atoms with van der Waals surface area (Å²) in [5, 5.41) is 7.76. The zero-order valence-electron chi connectivity index (χ0n) is 13.2. The van der Waals surface area contributed by atoms with Gasteiger partial charge in [0.15, 0.2) is 5.96 Å². The normalized spacial score (nSPS) is 22.8. The van der Waals surface area contributed by atoms with E-state index in [4.69, 9.17) is 0 Å². The summed E-state index contributed by atoms with van der Waals surface area (Å²) in [5.74, 6) is 2.26. The van der Waals surface area contributed by atoms with E-state index in [0.717, 1.165) is 24.3 Å². The first-order chi connectivity index (χ1) is 10.3. The molecule has 2 N–H and O–H groups in total. The van der Waals surface area contributed by atoms with Crippen molar-refractivity contribution in [3.05, 3.63) is 35.9 Å². The molecule has 0 bridgehead atoms. The van der Waals surface area contributed by atoms with Crippen molar-refractivity contribution in [1.82, 2.24) is 10.6 Å². The molecule has 0 spiro atoms. The second kappa shape index (κ2) is 8.43. The van der Waals surface area contributed by atoms with Gasteiger partial charge in [-0.1, -0.05) is 30.3 Å². The van der Waals surface area contributed by atoms with E-state index < -0.39 is 0 Å². The highest BCUT2D eigenvalue weighted by Crippen LogP contribution is 2.47. The number of nitrogens with one attached hydrogen (secondary N) is 2. The molecule has 1 unspecified atom stereocenters. The van der Waals surface area contributed by atoms with Crippen LogP contribution in [0.25, 0.3) is 0 Å². The molecule has 2 aliphatic rings. The van der Waals surface area contributed by atoms with Crippen LogP contribution in [0.5, 0.6) is 0 Å². The van der Waals surface area contributed by atoms with Crippen LogP contribution in [0.15, 0.2) is 35.3 Å². The van der Waals surface area contributed by atoms with E-state index in [1.165, 1.54) is 37.0 Å².